The summed E-state index contributed by atoms with van der Waals surface area (Å²) in [4.78, 5) is 8.22. The first-order chi connectivity index (χ1) is 14.3. The van der Waals surface area contributed by atoms with E-state index in [2.05, 4.69) is 67.8 Å². The number of aliphatic imine (C=N–C) groups is 1. The van der Waals surface area contributed by atoms with Crippen molar-refractivity contribution in [3.05, 3.63) is 48.2 Å². The van der Waals surface area contributed by atoms with Crippen LogP contribution in [0.5, 0.6) is 0 Å². The van der Waals surface area contributed by atoms with Gasteiger partial charge in [0, 0.05) is 49.2 Å². The van der Waals surface area contributed by atoms with Gasteiger partial charge in [0.15, 0.2) is 5.96 Å². The molecular weight excluding hydrogens is 489 g/mol. The van der Waals surface area contributed by atoms with Crippen molar-refractivity contribution in [1.82, 2.24) is 30.4 Å². The number of benzene rings is 1. The van der Waals surface area contributed by atoms with Gasteiger partial charge in [-0.25, -0.2) is 0 Å². The number of hydrogen-bond donors (Lipinski definition) is 3. The van der Waals surface area contributed by atoms with Crippen molar-refractivity contribution >= 4 is 40.8 Å². The molecule has 30 heavy (non-hydrogen) atoms. The van der Waals surface area contributed by atoms with Crippen molar-refractivity contribution in [2.75, 3.05) is 13.1 Å². The summed E-state index contributed by atoms with van der Waals surface area (Å²) in [6, 6.07) is 8.98. The van der Waals surface area contributed by atoms with Crippen LogP contribution in [0.2, 0.25) is 0 Å². The van der Waals surface area contributed by atoms with Crippen LogP contribution < -0.4 is 10.6 Å². The number of nitrogens with zero attached hydrogens (tertiary/aromatic N) is 4. The summed E-state index contributed by atoms with van der Waals surface area (Å²) in [5.74, 6) is 1.94. The minimum absolute atomic E-state index is 0. The summed E-state index contributed by atoms with van der Waals surface area (Å²) in [5.41, 5.74) is 2.51. The maximum atomic E-state index is 4.87. The molecule has 2 aromatic heterocycles. The van der Waals surface area contributed by atoms with E-state index in [1.807, 2.05) is 0 Å². The molecule has 0 spiro atoms. The molecule has 7 nitrogen and oxygen atoms in total. The molecular formula is C22H32IN7. The number of para-hydroxylation sites is 1. The van der Waals surface area contributed by atoms with E-state index in [4.69, 9.17) is 4.99 Å². The van der Waals surface area contributed by atoms with Crippen LogP contribution in [0.15, 0.2) is 41.8 Å². The zero-order valence-corrected chi connectivity index (χ0v) is 19.9. The number of aromatic amines is 1. The molecule has 0 atom stereocenters. The summed E-state index contributed by atoms with van der Waals surface area (Å²) in [7, 11) is 0. The minimum Gasteiger partial charge on any atom is -0.361 e. The van der Waals surface area contributed by atoms with Crippen LogP contribution in [0.3, 0.4) is 0 Å². The van der Waals surface area contributed by atoms with Gasteiger partial charge in [-0.2, -0.15) is 0 Å². The molecule has 0 radical (unpaired) electrons. The van der Waals surface area contributed by atoms with Gasteiger partial charge in [-0.1, -0.05) is 38.0 Å². The molecule has 1 fully saturated rings. The topological polar surface area (TPSA) is 82.9 Å². The number of hydrogen-bond acceptors (Lipinski definition) is 3. The Bertz CT molecular complexity index is 940. The number of nitrogens with one attached hydrogen (secondary N) is 3. The molecule has 0 saturated heterocycles. The Hall–Kier alpha value is -2.10. The van der Waals surface area contributed by atoms with Crippen LogP contribution in [0.4, 0.5) is 0 Å². The highest BCUT2D eigenvalue weighted by Gasteiger charge is 2.16. The van der Waals surface area contributed by atoms with E-state index in [1.54, 1.807) is 6.33 Å². The molecule has 4 rings (SSSR count). The molecule has 162 valence electrons. The van der Waals surface area contributed by atoms with Gasteiger partial charge in [-0.05, 0) is 30.9 Å². The first-order valence-corrected chi connectivity index (χ1v) is 10.8. The molecule has 1 aliphatic rings. The van der Waals surface area contributed by atoms with E-state index < -0.39 is 0 Å². The van der Waals surface area contributed by atoms with Crippen molar-refractivity contribution in [2.45, 2.75) is 58.0 Å². The number of fused-ring (bicyclic) bond motifs is 1. The Balaban J connectivity index is 0.00000256. The Kier molecular flexibility index (Phi) is 8.53. The van der Waals surface area contributed by atoms with Gasteiger partial charge in [0.1, 0.15) is 12.2 Å². The highest BCUT2D eigenvalue weighted by Crippen LogP contribution is 2.19. The monoisotopic (exact) mass is 521 g/mol. The Labute approximate surface area is 195 Å². The highest BCUT2D eigenvalue weighted by molar-refractivity contribution is 14.0. The Morgan fingerprint density at radius 2 is 2.10 bits per heavy atom. The zero-order chi connectivity index (χ0) is 19.9. The van der Waals surface area contributed by atoms with Gasteiger partial charge >= 0.3 is 0 Å². The van der Waals surface area contributed by atoms with Crippen LogP contribution >= 0.6 is 24.0 Å². The second-order valence-corrected chi connectivity index (χ2v) is 7.69. The van der Waals surface area contributed by atoms with E-state index >= 15 is 0 Å². The van der Waals surface area contributed by atoms with Gasteiger partial charge in [-0.15, -0.1) is 34.2 Å². The van der Waals surface area contributed by atoms with Crippen molar-refractivity contribution in [2.24, 2.45) is 4.99 Å². The molecule has 0 aliphatic heterocycles. The third-order valence-corrected chi connectivity index (χ3v) is 5.68. The molecule has 1 aliphatic carbocycles. The molecule has 3 aromatic rings. The highest BCUT2D eigenvalue weighted by atomic mass is 127. The Morgan fingerprint density at radius 3 is 2.93 bits per heavy atom. The van der Waals surface area contributed by atoms with E-state index in [0.29, 0.717) is 6.04 Å². The van der Waals surface area contributed by atoms with Crippen molar-refractivity contribution in [3.8, 4) is 0 Å². The predicted molar refractivity (Wildman–Crippen MR) is 133 cm³/mol. The molecule has 0 unspecified atom stereocenters. The summed E-state index contributed by atoms with van der Waals surface area (Å²) in [6.45, 7) is 4.50. The third-order valence-electron chi connectivity index (χ3n) is 5.68. The molecule has 2 heterocycles. The van der Waals surface area contributed by atoms with E-state index in [0.717, 1.165) is 44.3 Å². The van der Waals surface area contributed by atoms with Crippen LogP contribution in [0.1, 0.15) is 44.0 Å². The first kappa shape index (κ1) is 22.6. The van der Waals surface area contributed by atoms with E-state index in [-0.39, 0.29) is 24.0 Å². The zero-order valence-electron chi connectivity index (χ0n) is 17.6. The normalized spacial score (nSPS) is 14.8. The standard InChI is InChI=1S/C22H31N7.HI/c1-2-21-28-26-16-29(21)14-13-24-22(27-18-7-3-4-8-18)23-12-11-17-15-25-20-10-6-5-9-19(17)20;/h5-6,9-10,15-16,18,25H,2-4,7-8,11-14H2,1H3,(H2,23,24,27);1H. The molecule has 0 amide bonds. The summed E-state index contributed by atoms with van der Waals surface area (Å²) >= 11 is 0. The number of H-pyrrole nitrogens is 1. The molecule has 1 saturated carbocycles. The number of rotatable bonds is 8. The predicted octanol–water partition coefficient (Wildman–Crippen LogP) is 3.66. The fourth-order valence-electron chi connectivity index (χ4n) is 4.08. The van der Waals surface area contributed by atoms with Crippen molar-refractivity contribution in [3.63, 3.8) is 0 Å². The van der Waals surface area contributed by atoms with Gasteiger partial charge < -0.3 is 20.2 Å². The molecule has 0 bridgehead atoms. The van der Waals surface area contributed by atoms with Crippen LogP contribution in [0.25, 0.3) is 10.9 Å². The lowest BCUT2D eigenvalue weighted by Gasteiger charge is -2.18. The SMILES string of the molecule is CCc1nncn1CCNC(=NCCc1c[nH]c2ccccc12)NC1CCCC1.I. The average molecular weight is 521 g/mol. The lowest BCUT2D eigenvalue weighted by atomic mass is 10.1. The maximum Gasteiger partial charge on any atom is 0.191 e. The summed E-state index contributed by atoms with van der Waals surface area (Å²) < 4.78 is 2.10. The molecule has 3 N–H and O–H groups in total. The first-order valence-electron chi connectivity index (χ1n) is 10.8. The van der Waals surface area contributed by atoms with Gasteiger partial charge in [-0.3, -0.25) is 4.99 Å². The smallest absolute Gasteiger partial charge is 0.191 e. The fourth-order valence-corrected chi connectivity index (χ4v) is 4.08. The van der Waals surface area contributed by atoms with E-state index in [1.165, 1.54) is 42.1 Å². The summed E-state index contributed by atoms with van der Waals surface area (Å²) in [5, 5.41) is 16.6. The molecule has 1 aromatic carbocycles. The lowest BCUT2D eigenvalue weighted by molar-refractivity contribution is 0.593. The van der Waals surface area contributed by atoms with Crippen LogP contribution in [-0.4, -0.2) is 44.8 Å². The molecule has 8 heteroatoms. The summed E-state index contributed by atoms with van der Waals surface area (Å²) in [6.07, 6.45) is 10.8. The van der Waals surface area contributed by atoms with Crippen LogP contribution in [0, 0.1) is 0 Å². The average Bonchev–Trinajstić information content (AvgIpc) is 3.49. The third kappa shape index (κ3) is 5.74. The second-order valence-electron chi connectivity index (χ2n) is 7.69. The Morgan fingerprint density at radius 1 is 1.27 bits per heavy atom. The lowest BCUT2D eigenvalue weighted by Crippen LogP contribution is -2.43. The largest absolute Gasteiger partial charge is 0.361 e. The second kappa shape index (κ2) is 11.3. The van der Waals surface area contributed by atoms with Crippen molar-refractivity contribution < 1.29 is 0 Å². The minimum atomic E-state index is 0. The van der Waals surface area contributed by atoms with Gasteiger partial charge in [0.25, 0.3) is 0 Å². The van der Waals surface area contributed by atoms with Crippen molar-refractivity contribution in [1.29, 1.82) is 0 Å². The maximum absolute atomic E-state index is 4.87. The number of halogens is 1. The van der Waals surface area contributed by atoms with Gasteiger partial charge in [0.05, 0.1) is 0 Å². The number of guanidine groups is 1. The van der Waals surface area contributed by atoms with Crippen LogP contribution in [-0.2, 0) is 19.4 Å². The number of aryl methyl sites for hydroxylation is 1. The quantitative estimate of drug-likeness (QED) is 0.240. The fraction of sp³-hybridized carbons (Fsp3) is 0.500. The van der Waals surface area contributed by atoms with E-state index in [9.17, 15) is 0 Å². The van der Waals surface area contributed by atoms with Gasteiger partial charge in [0.2, 0.25) is 0 Å². The number of aromatic nitrogens is 4.